The molecule has 1 aliphatic heterocycles. The lowest BCUT2D eigenvalue weighted by molar-refractivity contribution is -0.0467. The van der Waals surface area contributed by atoms with Crippen LogP contribution >= 0.6 is 0 Å². The molecule has 118 valence electrons. The molecule has 23 heavy (non-hydrogen) atoms. The number of benzene rings is 1. The van der Waals surface area contributed by atoms with Crippen LogP contribution < -0.4 is 10.6 Å². The van der Waals surface area contributed by atoms with Gasteiger partial charge in [-0.1, -0.05) is 30.3 Å². The first kappa shape index (κ1) is 14.0. The molecule has 1 atom stereocenters. The molecule has 0 spiro atoms. The van der Waals surface area contributed by atoms with E-state index in [0.29, 0.717) is 18.8 Å². The van der Waals surface area contributed by atoms with Crippen LogP contribution in [0, 0.1) is 0 Å². The van der Waals surface area contributed by atoms with Gasteiger partial charge in [0.05, 0.1) is 19.5 Å². The lowest BCUT2D eigenvalue weighted by Gasteiger charge is -2.41. The van der Waals surface area contributed by atoms with Gasteiger partial charge < -0.3 is 20.4 Å². The summed E-state index contributed by atoms with van der Waals surface area (Å²) in [5.41, 5.74) is 7.97. The molecule has 4 rings (SSSR count). The first-order valence-corrected chi connectivity index (χ1v) is 7.57. The molecule has 0 radical (unpaired) electrons. The Morgan fingerprint density at radius 1 is 1.26 bits per heavy atom. The van der Waals surface area contributed by atoms with Crippen LogP contribution in [0.2, 0.25) is 0 Å². The topological polar surface area (TPSA) is 93.0 Å². The minimum Gasteiger partial charge on any atom is -0.368 e. The Kier molecular flexibility index (Phi) is 3.16. The summed E-state index contributed by atoms with van der Waals surface area (Å²) in [6, 6.07) is 10.2. The molecule has 3 N–H and O–H groups in total. The summed E-state index contributed by atoms with van der Waals surface area (Å²) in [6.07, 6.45) is 1.61. The van der Waals surface area contributed by atoms with Crippen molar-refractivity contribution < 1.29 is 4.74 Å². The van der Waals surface area contributed by atoms with E-state index in [9.17, 15) is 0 Å². The number of hydrogen-bond donors (Lipinski definition) is 2. The Bertz CT molecular complexity index is 833. The van der Waals surface area contributed by atoms with E-state index in [1.807, 2.05) is 18.2 Å². The predicted octanol–water partition coefficient (Wildman–Crippen LogP) is 1.69. The van der Waals surface area contributed by atoms with Crippen molar-refractivity contribution in [1.82, 2.24) is 19.9 Å². The highest BCUT2D eigenvalue weighted by Gasteiger charge is 2.35. The molecule has 0 amide bonds. The van der Waals surface area contributed by atoms with Crippen molar-refractivity contribution in [2.75, 3.05) is 30.3 Å². The molecule has 0 aliphatic carbocycles. The van der Waals surface area contributed by atoms with E-state index >= 15 is 0 Å². The van der Waals surface area contributed by atoms with E-state index in [1.54, 1.807) is 6.33 Å². The number of aromatic amines is 1. The number of H-pyrrole nitrogens is 1. The molecule has 1 saturated heterocycles. The summed E-state index contributed by atoms with van der Waals surface area (Å²) in [4.78, 5) is 18.0. The fourth-order valence-electron chi connectivity index (χ4n) is 3.08. The predicted molar refractivity (Wildman–Crippen MR) is 88.1 cm³/mol. The Balaban J connectivity index is 1.73. The first-order chi connectivity index (χ1) is 11.2. The summed E-state index contributed by atoms with van der Waals surface area (Å²) >= 11 is 0. The first-order valence-electron chi connectivity index (χ1n) is 7.57. The molecule has 1 aromatic carbocycles. The minimum absolute atomic E-state index is 0.229. The number of nitrogens with two attached hydrogens (primary N) is 1. The van der Waals surface area contributed by atoms with Gasteiger partial charge in [-0.3, -0.25) is 0 Å². The van der Waals surface area contributed by atoms with Gasteiger partial charge in [-0.2, -0.15) is 9.97 Å². The summed E-state index contributed by atoms with van der Waals surface area (Å²) in [5, 5.41) is 0. The van der Waals surface area contributed by atoms with E-state index in [2.05, 4.69) is 43.9 Å². The largest absolute Gasteiger partial charge is 0.368 e. The van der Waals surface area contributed by atoms with Crippen LogP contribution in [0.15, 0.2) is 36.7 Å². The van der Waals surface area contributed by atoms with Crippen molar-refractivity contribution >= 4 is 22.9 Å². The number of nitrogens with one attached hydrogen (secondary N) is 1. The van der Waals surface area contributed by atoms with Crippen molar-refractivity contribution in [3.63, 3.8) is 0 Å². The van der Waals surface area contributed by atoms with Crippen molar-refractivity contribution in [2.24, 2.45) is 0 Å². The van der Waals surface area contributed by atoms with Crippen LogP contribution in [0.3, 0.4) is 0 Å². The fraction of sp³-hybridized carbons (Fsp3) is 0.312. The van der Waals surface area contributed by atoms with Gasteiger partial charge in [0.15, 0.2) is 11.5 Å². The van der Waals surface area contributed by atoms with Crippen molar-refractivity contribution in [1.29, 1.82) is 0 Å². The molecule has 3 aromatic rings. The van der Waals surface area contributed by atoms with E-state index in [1.165, 1.54) is 0 Å². The van der Waals surface area contributed by atoms with Crippen LogP contribution in [-0.2, 0) is 10.3 Å². The molecule has 0 unspecified atom stereocenters. The zero-order valence-corrected chi connectivity index (χ0v) is 12.9. The van der Waals surface area contributed by atoms with Crippen LogP contribution in [-0.4, -0.2) is 39.6 Å². The van der Waals surface area contributed by atoms with Gasteiger partial charge in [0.1, 0.15) is 11.1 Å². The third-order valence-electron chi connectivity index (χ3n) is 4.24. The van der Waals surface area contributed by atoms with E-state index in [4.69, 9.17) is 10.5 Å². The van der Waals surface area contributed by atoms with Gasteiger partial charge in [0.25, 0.3) is 0 Å². The van der Waals surface area contributed by atoms with Gasteiger partial charge in [-0.15, -0.1) is 0 Å². The van der Waals surface area contributed by atoms with Gasteiger partial charge >= 0.3 is 0 Å². The second-order valence-electron chi connectivity index (χ2n) is 5.87. The molecule has 7 heteroatoms. The average molecular weight is 310 g/mol. The molecule has 1 aliphatic rings. The number of imidazole rings is 1. The standard InChI is InChI=1S/C16H18N6O/c1-16(11-5-3-2-4-6-11)9-22(7-8-23-16)14-12-13(19-10-18-12)20-15(17)21-14/h2-6,10H,7-9H2,1H3,(H3,17,18,19,20,21)/t16-/m0/s1. The van der Waals surface area contributed by atoms with E-state index < -0.39 is 5.60 Å². The van der Waals surface area contributed by atoms with Crippen LogP contribution in [0.1, 0.15) is 12.5 Å². The molecule has 7 nitrogen and oxygen atoms in total. The fourth-order valence-corrected chi connectivity index (χ4v) is 3.08. The Labute approximate surface area is 133 Å². The third-order valence-corrected chi connectivity index (χ3v) is 4.24. The van der Waals surface area contributed by atoms with Gasteiger partial charge in [-0.05, 0) is 12.5 Å². The number of nitrogen functional groups attached to an aromatic ring is 1. The highest BCUT2D eigenvalue weighted by atomic mass is 16.5. The van der Waals surface area contributed by atoms with Gasteiger partial charge in [0, 0.05) is 6.54 Å². The second-order valence-corrected chi connectivity index (χ2v) is 5.87. The lowest BCUT2D eigenvalue weighted by Crippen LogP contribution is -2.48. The highest BCUT2D eigenvalue weighted by molar-refractivity contribution is 5.84. The summed E-state index contributed by atoms with van der Waals surface area (Å²) in [5.74, 6) is 1.00. The Hall–Kier alpha value is -2.67. The maximum absolute atomic E-state index is 6.08. The van der Waals surface area contributed by atoms with Gasteiger partial charge in [0.2, 0.25) is 5.95 Å². The molecule has 2 aromatic heterocycles. The molecule has 3 heterocycles. The highest BCUT2D eigenvalue weighted by Crippen LogP contribution is 2.32. The number of anilines is 2. The van der Waals surface area contributed by atoms with Crippen molar-refractivity contribution in [2.45, 2.75) is 12.5 Å². The number of hydrogen-bond acceptors (Lipinski definition) is 6. The van der Waals surface area contributed by atoms with E-state index in [0.717, 1.165) is 23.4 Å². The van der Waals surface area contributed by atoms with E-state index in [-0.39, 0.29) is 5.95 Å². The van der Waals surface area contributed by atoms with Crippen LogP contribution in [0.4, 0.5) is 11.8 Å². The number of rotatable bonds is 2. The molecular formula is C16H18N6O. The molecule has 0 bridgehead atoms. The maximum Gasteiger partial charge on any atom is 0.224 e. The van der Waals surface area contributed by atoms with Gasteiger partial charge in [-0.25, -0.2) is 4.98 Å². The Morgan fingerprint density at radius 3 is 2.91 bits per heavy atom. The zero-order valence-electron chi connectivity index (χ0n) is 12.9. The normalized spacial score (nSPS) is 21.7. The number of ether oxygens (including phenoxy) is 1. The SMILES string of the molecule is C[C@@]1(c2ccccc2)CN(c2nc(N)nc3nc[nH]c23)CCO1. The lowest BCUT2D eigenvalue weighted by atomic mass is 9.94. The summed E-state index contributed by atoms with van der Waals surface area (Å²) in [7, 11) is 0. The maximum atomic E-state index is 6.08. The monoisotopic (exact) mass is 310 g/mol. The number of fused-ring (bicyclic) bond motifs is 1. The van der Waals surface area contributed by atoms with Crippen LogP contribution in [0.25, 0.3) is 11.2 Å². The van der Waals surface area contributed by atoms with Crippen molar-refractivity contribution in [3.8, 4) is 0 Å². The summed E-state index contributed by atoms with van der Waals surface area (Å²) in [6.45, 7) is 4.14. The molecule has 0 saturated carbocycles. The average Bonchev–Trinajstić information content (AvgIpc) is 3.03. The Morgan fingerprint density at radius 2 is 2.09 bits per heavy atom. The second kappa shape index (κ2) is 5.20. The third kappa shape index (κ3) is 2.39. The zero-order chi connectivity index (χ0) is 15.9. The molecular weight excluding hydrogens is 292 g/mol. The minimum atomic E-state index is -0.397. The smallest absolute Gasteiger partial charge is 0.224 e. The number of nitrogens with zero attached hydrogens (tertiary/aromatic N) is 4. The number of morpholine rings is 1. The molecule has 1 fully saturated rings. The number of aromatic nitrogens is 4. The van der Waals surface area contributed by atoms with Crippen LogP contribution in [0.5, 0.6) is 0 Å². The van der Waals surface area contributed by atoms with Crippen molar-refractivity contribution in [3.05, 3.63) is 42.2 Å². The summed E-state index contributed by atoms with van der Waals surface area (Å²) < 4.78 is 6.08. The quantitative estimate of drug-likeness (QED) is 0.748.